The first-order chi connectivity index (χ1) is 8.64. The van der Waals surface area contributed by atoms with Gasteiger partial charge in [0.15, 0.2) is 0 Å². The summed E-state index contributed by atoms with van der Waals surface area (Å²) in [5, 5.41) is 10.6. The van der Waals surface area contributed by atoms with Gasteiger partial charge in [0.05, 0.1) is 21.8 Å². The third kappa shape index (κ3) is 2.86. The topological polar surface area (TPSA) is 29.5 Å². The molecule has 0 radical (unpaired) electrons. The van der Waals surface area contributed by atoms with Crippen molar-refractivity contribution >= 4 is 15.9 Å². The summed E-state index contributed by atoms with van der Waals surface area (Å²) < 4.78 is 20.4. The molecule has 1 heterocycles. The molecule has 1 aliphatic rings. The van der Waals surface area contributed by atoms with Crippen LogP contribution in [0.5, 0.6) is 0 Å². The molecule has 0 saturated carbocycles. The smallest absolute Gasteiger partial charge is 0.143 e. The number of benzene rings is 1. The molecule has 2 nitrogen and oxygen atoms in total. The van der Waals surface area contributed by atoms with E-state index in [4.69, 9.17) is 4.74 Å². The Morgan fingerprint density at radius 3 is 2.53 bits per heavy atom. The zero-order chi connectivity index (χ0) is 14.4. The Morgan fingerprint density at radius 1 is 1.37 bits per heavy atom. The minimum absolute atomic E-state index is 0.133. The summed E-state index contributed by atoms with van der Waals surface area (Å²) in [6.45, 7) is 7.90. The number of aliphatic hydroxyl groups excluding tert-OH is 1. The number of rotatable bonds is 2. The van der Waals surface area contributed by atoms with Crippen LogP contribution < -0.4 is 0 Å². The molecule has 1 aromatic carbocycles. The van der Waals surface area contributed by atoms with Crippen molar-refractivity contribution in [3.63, 3.8) is 0 Å². The maximum absolute atomic E-state index is 14.1. The van der Waals surface area contributed by atoms with Crippen molar-refractivity contribution in [3.05, 3.63) is 34.1 Å². The van der Waals surface area contributed by atoms with E-state index in [2.05, 4.69) is 15.9 Å². The molecule has 0 aliphatic carbocycles. The Kier molecular flexibility index (Phi) is 3.80. The van der Waals surface area contributed by atoms with Crippen LogP contribution in [0.2, 0.25) is 0 Å². The molecular weight excluding hydrogens is 311 g/mol. The van der Waals surface area contributed by atoms with E-state index in [9.17, 15) is 9.50 Å². The maximum atomic E-state index is 14.1. The molecule has 1 saturated heterocycles. The molecule has 2 rings (SSSR count). The standard InChI is InChI=1S/C15H20BrFO2/c1-14(2)8-10(15(3,4)19-14)13(18)9-6-5-7-11(16)12(9)17/h5-7,10,13,18H,8H2,1-4H3. The molecule has 4 heteroatoms. The average molecular weight is 331 g/mol. The first-order valence-corrected chi connectivity index (χ1v) is 7.25. The van der Waals surface area contributed by atoms with Crippen LogP contribution in [-0.2, 0) is 4.74 Å². The zero-order valence-corrected chi connectivity index (χ0v) is 13.3. The Morgan fingerprint density at radius 2 is 2.00 bits per heavy atom. The minimum atomic E-state index is -0.866. The average Bonchev–Trinajstić information content (AvgIpc) is 2.50. The highest BCUT2D eigenvalue weighted by Crippen LogP contribution is 2.48. The summed E-state index contributed by atoms with van der Waals surface area (Å²) in [7, 11) is 0. The predicted octanol–water partition coefficient (Wildman–Crippen LogP) is 4.22. The van der Waals surface area contributed by atoms with E-state index in [1.165, 1.54) is 0 Å². The van der Waals surface area contributed by atoms with Gasteiger partial charge in [0.1, 0.15) is 5.82 Å². The van der Waals surface area contributed by atoms with Gasteiger partial charge in [-0.2, -0.15) is 0 Å². The quantitative estimate of drug-likeness (QED) is 0.879. The molecule has 1 aliphatic heterocycles. The number of halogens is 2. The van der Waals surface area contributed by atoms with Gasteiger partial charge in [-0.15, -0.1) is 0 Å². The van der Waals surface area contributed by atoms with Gasteiger partial charge in [0, 0.05) is 11.5 Å². The fourth-order valence-electron chi connectivity index (χ4n) is 3.06. The largest absolute Gasteiger partial charge is 0.388 e. The second-order valence-electron chi connectivity index (χ2n) is 6.36. The van der Waals surface area contributed by atoms with Crippen LogP contribution in [0.3, 0.4) is 0 Å². The van der Waals surface area contributed by atoms with Crippen LogP contribution in [0, 0.1) is 11.7 Å². The number of hydrogen-bond donors (Lipinski definition) is 1. The van der Waals surface area contributed by atoms with Crippen LogP contribution in [0.25, 0.3) is 0 Å². The number of ether oxygens (including phenoxy) is 1. The molecule has 19 heavy (non-hydrogen) atoms. The lowest BCUT2D eigenvalue weighted by atomic mass is 9.80. The molecule has 106 valence electrons. The Balaban J connectivity index is 2.34. The van der Waals surface area contributed by atoms with Crippen molar-refractivity contribution < 1.29 is 14.2 Å². The molecule has 1 aromatic rings. The molecule has 2 atom stereocenters. The first-order valence-electron chi connectivity index (χ1n) is 6.46. The monoisotopic (exact) mass is 330 g/mol. The van der Waals surface area contributed by atoms with Crippen molar-refractivity contribution in [1.29, 1.82) is 0 Å². The van der Waals surface area contributed by atoms with Gasteiger partial charge in [0.25, 0.3) is 0 Å². The van der Waals surface area contributed by atoms with Crippen LogP contribution >= 0.6 is 15.9 Å². The molecule has 0 spiro atoms. The molecule has 1 fully saturated rings. The van der Waals surface area contributed by atoms with Crippen molar-refractivity contribution in [2.45, 2.75) is 51.4 Å². The molecule has 0 amide bonds. The van der Waals surface area contributed by atoms with Crippen LogP contribution in [-0.4, -0.2) is 16.3 Å². The maximum Gasteiger partial charge on any atom is 0.143 e. The van der Waals surface area contributed by atoms with E-state index in [0.717, 1.165) is 0 Å². The summed E-state index contributed by atoms with van der Waals surface area (Å²) in [6.07, 6.45) is -0.165. The lowest BCUT2D eigenvalue weighted by molar-refractivity contribution is -0.0882. The first kappa shape index (κ1) is 14.9. The second kappa shape index (κ2) is 4.83. The van der Waals surface area contributed by atoms with Gasteiger partial charge in [-0.3, -0.25) is 0 Å². The second-order valence-corrected chi connectivity index (χ2v) is 7.22. The van der Waals surface area contributed by atoms with Crippen LogP contribution in [0.1, 0.15) is 45.8 Å². The summed E-state index contributed by atoms with van der Waals surface area (Å²) in [4.78, 5) is 0. The van der Waals surface area contributed by atoms with Crippen molar-refractivity contribution in [2.24, 2.45) is 5.92 Å². The lowest BCUT2D eigenvalue weighted by Gasteiger charge is -2.30. The Labute approximate surface area is 122 Å². The number of hydrogen-bond acceptors (Lipinski definition) is 2. The fraction of sp³-hybridized carbons (Fsp3) is 0.600. The predicted molar refractivity (Wildman–Crippen MR) is 76.4 cm³/mol. The third-order valence-corrected chi connectivity index (χ3v) is 4.44. The summed E-state index contributed by atoms with van der Waals surface area (Å²) in [5.41, 5.74) is -0.441. The highest BCUT2D eigenvalue weighted by molar-refractivity contribution is 9.10. The summed E-state index contributed by atoms with van der Waals surface area (Å²) in [5.74, 6) is -0.526. The normalized spacial score (nSPS) is 26.4. The highest BCUT2D eigenvalue weighted by atomic mass is 79.9. The van der Waals surface area contributed by atoms with Crippen molar-refractivity contribution in [3.8, 4) is 0 Å². The third-order valence-electron chi connectivity index (χ3n) is 3.83. The number of aliphatic hydroxyl groups is 1. The van der Waals surface area contributed by atoms with Gasteiger partial charge in [-0.25, -0.2) is 4.39 Å². The molecule has 2 unspecified atom stereocenters. The molecule has 0 bridgehead atoms. The van der Waals surface area contributed by atoms with Gasteiger partial charge in [-0.1, -0.05) is 12.1 Å². The van der Waals surface area contributed by atoms with Gasteiger partial charge >= 0.3 is 0 Å². The van der Waals surface area contributed by atoms with Crippen LogP contribution in [0.4, 0.5) is 4.39 Å². The minimum Gasteiger partial charge on any atom is -0.388 e. The van der Waals surface area contributed by atoms with E-state index < -0.39 is 17.5 Å². The van der Waals surface area contributed by atoms with Crippen LogP contribution in [0.15, 0.2) is 22.7 Å². The van der Waals surface area contributed by atoms with E-state index in [1.54, 1.807) is 18.2 Å². The van der Waals surface area contributed by atoms with E-state index in [1.807, 2.05) is 27.7 Å². The highest BCUT2D eigenvalue weighted by Gasteiger charge is 2.49. The molecule has 0 aromatic heterocycles. The van der Waals surface area contributed by atoms with E-state index >= 15 is 0 Å². The zero-order valence-electron chi connectivity index (χ0n) is 11.7. The molecular formula is C15H20BrFO2. The van der Waals surface area contributed by atoms with Crippen molar-refractivity contribution in [1.82, 2.24) is 0 Å². The Bertz CT molecular complexity index is 485. The summed E-state index contributed by atoms with van der Waals surface area (Å²) >= 11 is 3.16. The lowest BCUT2D eigenvalue weighted by Crippen LogP contribution is -2.33. The Hall–Kier alpha value is -0.450. The van der Waals surface area contributed by atoms with E-state index in [-0.39, 0.29) is 11.5 Å². The SMILES string of the molecule is CC1(C)CC(C(O)c2cccc(Br)c2F)C(C)(C)O1. The molecule has 1 N–H and O–H groups in total. The van der Waals surface area contributed by atoms with Gasteiger partial charge in [0.2, 0.25) is 0 Å². The summed E-state index contributed by atoms with van der Waals surface area (Å²) in [6, 6.07) is 5.00. The fourth-order valence-corrected chi connectivity index (χ4v) is 3.44. The van der Waals surface area contributed by atoms with E-state index in [0.29, 0.717) is 16.5 Å². The van der Waals surface area contributed by atoms with Gasteiger partial charge < -0.3 is 9.84 Å². The van der Waals surface area contributed by atoms with Gasteiger partial charge in [-0.05, 0) is 56.1 Å². The van der Waals surface area contributed by atoms with Crippen molar-refractivity contribution in [2.75, 3.05) is 0 Å².